The Kier molecular flexibility index (Phi) is 4.65. The quantitative estimate of drug-likeness (QED) is 0.793. The molecule has 1 unspecified atom stereocenters. The van der Waals surface area contributed by atoms with Gasteiger partial charge in [0.2, 0.25) is 0 Å². The molecule has 15 heavy (non-hydrogen) atoms. The minimum Gasteiger partial charge on any atom is -0.383 e. The summed E-state index contributed by atoms with van der Waals surface area (Å²) in [7, 11) is 3.64. The van der Waals surface area contributed by atoms with Gasteiger partial charge in [-0.25, -0.2) is 0 Å². The van der Waals surface area contributed by atoms with Crippen molar-refractivity contribution in [2.45, 2.75) is 26.3 Å². The van der Waals surface area contributed by atoms with Crippen LogP contribution < -0.4 is 5.32 Å². The second-order valence-electron chi connectivity index (χ2n) is 3.54. The lowest BCUT2D eigenvalue weighted by molar-refractivity contribution is 0.169. The summed E-state index contributed by atoms with van der Waals surface area (Å²) < 4.78 is 5.18. The molecule has 1 rings (SSSR count). The van der Waals surface area contributed by atoms with Gasteiger partial charge in [-0.3, -0.25) is 0 Å². The summed E-state index contributed by atoms with van der Waals surface area (Å²) >= 11 is 0. The second-order valence-corrected chi connectivity index (χ2v) is 3.54. The van der Waals surface area contributed by atoms with Crippen LogP contribution in [0.25, 0.3) is 0 Å². The molecule has 1 heterocycles. The Labute approximate surface area is 91.1 Å². The first kappa shape index (κ1) is 12.1. The average molecular weight is 209 g/mol. The summed E-state index contributed by atoms with van der Waals surface area (Å²) in [6.45, 7) is 4.69. The summed E-state index contributed by atoms with van der Waals surface area (Å²) in [6.07, 6.45) is 0.893. The summed E-state index contributed by atoms with van der Waals surface area (Å²) in [5.41, 5.74) is 3.17. The molecular formula is C11H19N3O. The molecule has 1 aromatic heterocycles. The molecule has 1 N–H and O–H groups in total. The number of methoxy groups -OCH3 is 1. The van der Waals surface area contributed by atoms with Gasteiger partial charge in [0.15, 0.2) is 0 Å². The van der Waals surface area contributed by atoms with Crippen molar-refractivity contribution in [1.82, 2.24) is 15.5 Å². The van der Waals surface area contributed by atoms with Crippen molar-refractivity contribution in [2.24, 2.45) is 0 Å². The SMILES string of the molecule is CCc1nnc(C)cc1C(COC)NC. The molecule has 0 bridgehead atoms. The lowest BCUT2D eigenvalue weighted by Gasteiger charge is -2.18. The summed E-state index contributed by atoms with van der Waals surface area (Å²) in [5, 5.41) is 11.5. The monoisotopic (exact) mass is 209 g/mol. The Bertz CT molecular complexity index is 315. The van der Waals surface area contributed by atoms with Crippen molar-refractivity contribution in [3.05, 3.63) is 23.0 Å². The van der Waals surface area contributed by atoms with Gasteiger partial charge in [-0.05, 0) is 32.0 Å². The van der Waals surface area contributed by atoms with E-state index < -0.39 is 0 Å². The summed E-state index contributed by atoms with van der Waals surface area (Å²) in [6, 6.07) is 2.27. The van der Waals surface area contributed by atoms with Gasteiger partial charge in [-0.15, -0.1) is 0 Å². The van der Waals surface area contributed by atoms with Crippen LogP contribution in [0.2, 0.25) is 0 Å². The van der Waals surface area contributed by atoms with Crippen LogP contribution in [0.1, 0.15) is 29.9 Å². The normalized spacial score (nSPS) is 12.8. The molecule has 0 amide bonds. The molecule has 4 nitrogen and oxygen atoms in total. The van der Waals surface area contributed by atoms with E-state index in [1.54, 1.807) is 7.11 Å². The Morgan fingerprint density at radius 3 is 2.73 bits per heavy atom. The van der Waals surface area contributed by atoms with Crippen LogP contribution in [-0.2, 0) is 11.2 Å². The number of rotatable bonds is 5. The number of hydrogen-bond acceptors (Lipinski definition) is 4. The Hall–Kier alpha value is -1.00. The number of nitrogens with zero attached hydrogens (tertiary/aromatic N) is 2. The Morgan fingerprint density at radius 2 is 2.20 bits per heavy atom. The number of likely N-dealkylation sites (N-methyl/N-ethyl adjacent to an activating group) is 1. The van der Waals surface area contributed by atoms with E-state index in [-0.39, 0.29) is 6.04 Å². The van der Waals surface area contributed by atoms with Crippen LogP contribution in [0, 0.1) is 6.92 Å². The van der Waals surface area contributed by atoms with Crippen LogP contribution >= 0.6 is 0 Å². The molecule has 0 radical (unpaired) electrons. The van der Waals surface area contributed by atoms with Crippen molar-refractivity contribution in [3.63, 3.8) is 0 Å². The van der Waals surface area contributed by atoms with Gasteiger partial charge in [0.1, 0.15) is 0 Å². The Morgan fingerprint density at radius 1 is 1.47 bits per heavy atom. The first-order valence-corrected chi connectivity index (χ1v) is 5.22. The van der Waals surface area contributed by atoms with Gasteiger partial charge in [-0.2, -0.15) is 10.2 Å². The first-order valence-electron chi connectivity index (χ1n) is 5.22. The van der Waals surface area contributed by atoms with Gasteiger partial charge >= 0.3 is 0 Å². The molecule has 0 aromatic carbocycles. The highest BCUT2D eigenvalue weighted by atomic mass is 16.5. The number of nitrogens with one attached hydrogen (secondary N) is 1. The highest BCUT2D eigenvalue weighted by Crippen LogP contribution is 2.17. The van der Waals surface area contributed by atoms with Crippen LogP contribution in [0.5, 0.6) is 0 Å². The van der Waals surface area contributed by atoms with Crippen LogP contribution in [0.3, 0.4) is 0 Å². The van der Waals surface area contributed by atoms with E-state index in [2.05, 4.69) is 28.5 Å². The predicted octanol–water partition coefficient (Wildman–Crippen LogP) is 1.25. The van der Waals surface area contributed by atoms with E-state index in [0.29, 0.717) is 6.61 Å². The predicted molar refractivity (Wildman–Crippen MR) is 59.8 cm³/mol. The fourth-order valence-corrected chi connectivity index (χ4v) is 1.61. The topological polar surface area (TPSA) is 47.0 Å². The van der Waals surface area contributed by atoms with Gasteiger partial charge in [0.25, 0.3) is 0 Å². The van der Waals surface area contributed by atoms with Gasteiger partial charge in [0, 0.05) is 7.11 Å². The highest BCUT2D eigenvalue weighted by Gasteiger charge is 2.14. The zero-order valence-corrected chi connectivity index (χ0v) is 9.87. The summed E-state index contributed by atoms with van der Waals surface area (Å²) in [5.74, 6) is 0. The third-order valence-corrected chi connectivity index (χ3v) is 2.42. The molecule has 0 aliphatic carbocycles. The maximum absolute atomic E-state index is 5.18. The van der Waals surface area contributed by atoms with E-state index in [1.165, 1.54) is 5.56 Å². The zero-order chi connectivity index (χ0) is 11.3. The standard InChI is InChI=1S/C11H19N3O/c1-5-10-9(6-8(2)13-14-10)11(12-3)7-15-4/h6,11-12H,5,7H2,1-4H3. The lowest BCUT2D eigenvalue weighted by Crippen LogP contribution is -2.23. The number of hydrogen-bond donors (Lipinski definition) is 1. The molecule has 0 aliphatic rings. The summed E-state index contributed by atoms with van der Waals surface area (Å²) in [4.78, 5) is 0. The fraction of sp³-hybridized carbons (Fsp3) is 0.636. The van der Waals surface area contributed by atoms with Crippen molar-refractivity contribution in [1.29, 1.82) is 0 Å². The zero-order valence-electron chi connectivity index (χ0n) is 9.87. The van der Waals surface area contributed by atoms with Crippen LogP contribution in [0.15, 0.2) is 6.07 Å². The van der Waals surface area contributed by atoms with Crippen molar-refractivity contribution >= 4 is 0 Å². The average Bonchev–Trinajstić information content (AvgIpc) is 2.26. The molecule has 0 fully saturated rings. The molecule has 0 saturated heterocycles. The first-order chi connectivity index (χ1) is 7.22. The number of aryl methyl sites for hydroxylation is 2. The third-order valence-electron chi connectivity index (χ3n) is 2.42. The van der Waals surface area contributed by atoms with Gasteiger partial charge in [0.05, 0.1) is 24.0 Å². The maximum atomic E-state index is 5.18. The van der Waals surface area contributed by atoms with E-state index in [9.17, 15) is 0 Å². The highest BCUT2D eigenvalue weighted by molar-refractivity contribution is 5.24. The minimum absolute atomic E-state index is 0.194. The number of ether oxygens (including phenoxy) is 1. The molecule has 0 saturated carbocycles. The molecule has 1 atom stereocenters. The Balaban J connectivity index is 3.02. The molecule has 1 aromatic rings. The van der Waals surface area contributed by atoms with Gasteiger partial charge in [-0.1, -0.05) is 6.92 Å². The minimum atomic E-state index is 0.194. The van der Waals surface area contributed by atoms with Crippen molar-refractivity contribution < 1.29 is 4.74 Å². The number of aromatic nitrogens is 2. The maximum Gasteiger partial charge on any atom is 0.0677 e. The van der Waals surface area contributed by atoms with Crippen LogP contribution in [0.4, 0.5) is 0 Å². The fourth-order valence-electron chi connectivity index (χ4n) is 1.61. The lowest BCUT2D eigenvalue weighted by atomic mass is 10.0. The van der Waals surface area contributed by atoms with E-state index in [0.717, 1.165) is 17.8 Å². The molecule has 4 heteroatoms. The molecular weight excluding hydrogens is 190 g/mol. The molecule has 84 valence electrons. The van der Waals surface area contributed by atoms with E-state index in [1.807, 2.05) is 14.0 Å². The van der Waals surface area contributed by atoms with Crippen molar-refractivity contribution in [2.75, 3.05) is 20.8 Å². The smallest absolute Gasteiger partial charge is 0.0677 e. The second kappa shape index (κ2) is 5.78. The largest absolute Gasteiger partial charge is 0.383 e. The molecule has 0 aliphatic heterocycles. The van der Waals surface area contributed by atoms with Crippen LogP contribution in [-0.4, -0.2) is 31.0 Å². The third kappa shape index (κ3) is 2.97. The van der Waals surface area contributed by atoms with E-state index in [4.69, 9.17) is 4.74 Å². The van der Waals surface area contributed by atoms with E-state index >= 15 is 0 Å². The molecule has 0 spiro atoms. The van der Waals surface area contributed by atoms with Gasteiger partial charge < -0.3 is 10.1 Å². The van der Waals surface area contributed by atoms with Crippen molar-refractivity contribution in [3.8, 4) is 0 Å².